The summed E-state index contributed by atoms with van der Waals surface area (Å²) in [5.41, 5.74) is -0.206. The first-order valence-corrected chi connectivity index (χ1v) is 5.77. The van der Waals surface area contributed by atoms with Gasteiger partial charge in [-0.15, -0.1) is 0 Å². The molecule has 2 aliphatic rings. The van der Waals surface area contributed by atoms with Crippen molar-refractivity contribution in [1.29, 1.82) is 5.26 Å². The van der Waals surface area contributed by atoms with E-state index in [-0.39, 0.29) is 5.41 Å². The fourth-order valence-corrected chi connectivity index (χ4v) is 2.04. The zero-order valence-corrected chi connectivity index (χ0v) is 9.21. The van der Waals surface area contributed by atoms with Gasteiger partial charge in [0.15, 0.2) is 0 Å². The number of rotatable bonds is 5. The van der Waals surface area contributed by atoms with E-state index in [2.05, 4.69) is 11.4 Å². The largest absolute Gasteiger partial charge is 0.312 e. The summed E-state index contributed by atoms with van der Waals surface area (Å²) in [6.07, 6.45) is 5.62. The molecular formula is C12H20N2. The molecule has 0 radical (unpaired) electrons. The Kier molecular flexibility index (Phi) is 2.53. The molecule has 2 nitrogen and oxygen atoms in total. The molecular weight excluding hydrogens is 172 g/mol. The molecule has 0 aromatic heterocycles. The third kappa shape index (κ3) is 2.48. The van der Waals surface area contributed by atoms with Crippen LogP contribution in [0.2, 0.25) is 0 Å². The van der Waals surface area contributed by atoms with Crippen molar-refractivity contribution in [2.24, 2.45) is 17.3 Å². The summed E-state index contributed by atoms with van der Waals surface area (Å²) in [7, 11) is 0. The van der Waals surface area contributed by atoms with Crippen molar-refractivity contribution in [2.75, 3.05) is 6.54 Å². The lowest BCUT2D eigenvalue weighted by Gasteiger charge is -2.23. The molecule has 0 saturated heterocycles. The maximum atomic E-state index is 8.93. The maximum Gasteiger partial charge on any atom is 0.0697 e. The van der Waals surface area contributed by atoms with Crippen LogP contribution in [0.15, 0.2) is 0 Å². The standard InChI is InChI=1S/C12H20N2/c1-12(2,7-13)8-14-11(9-3-4-9)10-5-6-10/h9-11,14H,3-6,8H2,1-2H3. The molecule has 0 heterocycles. The summed E-state index contributed by atoms with van der Waals surface area (Å²) >= 11 is 0. The van der Waals surface area contributed by atoms with Crippen molar-refractivity contribution in [1.82, 2.24) is 5.32 Å². The van der Waals surface area contributed by atoms with E-state index in [1.807, 2.05) is 13.8 Å². The predicted octanol–water partition coefficient (Wildman–Crippen LogP) is 2.31. The van der Waals surface area contributed by atoms with Gasteiger partial charge in [0.2, 0.25) is 0 Å². The number of nitrogens with one attached hydrogen (secondary N) is 1. The summed E-state index contributed by atoms with van der Waals surface area (Å²) in [6.45, 7) is 4.87. The van der Waals surface area contributed by atoms with E-state index in [1.54, 1.807) is 0 Å². The van der Waals surface area contributed by atoms with E-state index in [0.29, 0.717) is 0 Å². The normalized spacial score (nSPS) is 22.4. The summed E-state index contributed by atoms with van der Waals surface area (Å²) in [5.74, 6) is 1.86. The molecule has 0 aromatic rings. The third-order valence-electron chi connectivity index (χ3n) is 3.34. The van der Waals surface area contributed by atoms with Gasteiger partial charge in [-0.3, -0.25) is 0 Å². The predicted molar refractivity (Wildman–Crippen MR) is 56.6 cm³/mol. The quantitative estimate of drug-likeness (QED) is 0.725. The fraction of sp³-hybridized carbons (Fsp3) is 0.917. The molecule has 0 atom stereocenters. The Morgan fingerprint density at radius 3 is 2.14 bits per heavy atom. The summed E-state index contributed by atoms with van der Waals surface area (Å²) < 4.78 is 0. The van der Waals surface area contributed by atoms with Gasteiger partial charge in [-0.05, 0) is 51.4 Å². The van der Waals surface area contributed by atoms with Gasteiger partial charge in [-0.2, -0.15) is 5.26 Å². The van der Waals surface area contributed by atoms with Gasteiger partial charge in [-0.1, -0.05) is 0 Å². The number of nitrogens with zero attached hydrogens (tertiary/aromatic N) is 1. The zero-order chi connectivity index (χ0) is 10.2. The highest BCUT2D eigenvalue weighted by atomic mass is 15.0. The van der Waals surface area contributed by atoms with Gasteiger partial charge in [0.05, 0.1) is 11.5 Å². The molecule has 0 aliphatic heterocycles. The third-order valence-corrected chi connectivity index (χ3v) is 3.34. The second-order valence-electron chi connectivity index (χ2n) is 5.58. The molecule has 0 unspecified atom stereocenters. The minimum atomic E-state index is -0.206. The number of hydrogen-bond donors (Lipinski definition) is 1. The zero-order valence-electron chi connectivity index (χ0n) is 9.21. The highest BCUT2D eigenvalue weighted by molar-refractivity contribution is 4.99. The topological polar surface area (TPSA) is 35.8 Å². The van der Waals surface area contributed by atoms with Crippen LogP contribution in [0.25, 0.3) is 0 Å². The first-order chi connectivity index (χ1) is 6.62. The molecule has 2 aliphatic carbocycles. The van der Waals surface area contributed by atoms with Crippen LogP contribution < -0.4 is 5.32 Å². The minimum absolute atomic E-state index is 0.206. The van der Waals surface area contributed by atoms with Crippen molar-refractivity contribution in [3.63, 3.8) is 0 Å². The van der Waals surface area contributed by atoms with Crippen molar-refractivity contribution in [3.05, 3.63) is 0 Å². The summed E-state index contributed by atoms with van der Waals surface area (Å²) in [5, 5.41) is 12.5. The molecule has 1 N–H and O–H groups in total. The molecule has 0 bridgehead atoms. The second kappa shape index (κ2) is 3.55. The lowest BCUT2D eigenvalue weighted by Crippen LogP contribution is -2.39. The lowest BCUT2D eigenvalue weighted by atomic mass is 9.94. The highest BCUT2D eigenvalue weighted by Crippen LogP contribution is 2.44. The molecule has 78 valence electrons. The first kappa shape index (κ1) is 9.98. The van der Waals surface area contributed by atoms with Crippen LogP contribution in [0.4, 0.5) is 0 Å². The average molecular weight is 192 g/mol. The SMILES string of the molecule is CC(C)(C#N)CNC(C1CC1)C1CC1. The van der Waals surface area contributed by atoms with Crippen molar-refractivity contribution in [3.8, 4) is 6.07 Å². The maximum absolute atomic E-state index is 8.93. The average Bonchev–Trinajstić information content (AvgIpc) is 2.99. The van der Waals surface area contributed by atoms with Crippen LogP contribution in [0.5, 0.6) is 0 Å². The van der Waals surface area contributed by atoms with Crippen molar-refractivity contribution < 1.29 is 0 Å². The Balaban J connectivity index is 1.80. The van der Waals surface area contributed by atoms with Gasteiger partial charge in [0.1, 0.15) is 0 Å². The Morgan fingerprint density at radius 1 is 1.29 bits per heavy atom. The molecule has 0 aromatic carbocycles. The fourth-order valence-electron chi connectivity index (χ4n) is 2.04. The minimum Gasteiger partial charge on any atom is -0.312 e. The summed E-state index contributed by atoms with van der Waals surface area (Å²) in [4.78, 5) is 0. The van der Waals surface area contributed by atoms with E-state index in [1.165, 1.54) is 25.7 Å². The van der Waals surface area contributed by atoms with E-state index < -0.39 is 0 Å². The lowest BCUT2D eigenvalue weighted by molar-refractivity contribution is 0.353. The van der Waals surface area contributed by atoms with Gasteiger partial charge >= 0.3 is 0 Å². The van der Waals surface area contributed by atoms with Gasteiger partial charge in [0, 0.05) is 12.6 Å². The Labute approximate surface area is 86.7 Å². The van der Waals surface area contributed by atoms with E-state index in [0.717, 1.165) is 24.4 Å². The molecule has 14 heavy (non-hydrogen) atoms. The van der Waals surface area contributed by atoms with Crippen LogP contribution >= 0.6 is 0 Å². The monoisotopic (exact) mass is 192 g/mol. The van der Waals surface area contributed by atoms with Crippen LogP contribution in [0.3, 0.4) is 0 Å². The molecule has 2 fully saturated rings. The van der Waals surface area contributed by atoms with Gasteiger partial charge in [0.25, 0.3) is 0 Å². The van der Waals surface area contributed by atoms with Crippen LogP contribution in [-0.4, -0.2) is 12.6 Å². The van der Waals surface area contributed by atoms with E-state index in [4.69, 9.17) is 5.26 Å². The molecule has 2 rings (SSSR count). The molecule has 0 spiro atoms. The van der Waals surface area contributed by atoms with Crippen molar-refractivity contribution in [2.45, 2.75) is 45.6 Å². The highest BCUT2D eigenvalue weighted by Gasteiger charge is 2.41. The Morgan fingerprint density at radius 2 is 1.79 bits per heavy atom. The molecule has 2 heteroatoms. The van der Waals surface area contributed by atoms with Crippen LogP contribution in [0.1, 0.15) is 39.5 Å². The van der Waals surface area contributed by atoms with Gasteiger partial charge < -0.3 is 5.32 Å². The molecule has 0 amide bonds. The van der Waals surface area contributed by atoms with E-state index in [9.17, 15) is 0 Å². The first-order valence-electron chi connectivity index (χ1n) is 5.77. The van der Waals surface area contributed by atoms with Crippen LogP contribution in [-0.2, 0) is 0 Å². The summed E-state index contributed by atoms with van der Waals surface area (Å²) in [6, 6.07) is 3.08. The van der Waals surface area contributed by atoms with E-state index >= 15 is 0 Å². The van der Waals surface area contributed by atoms with Crippen LogP contribution in [0, 0.1) is 28.6 Å². The van der Waals surface area contributed by atoms with Gasteiger partial charge in [-0.25, -0.2) is 0 Å². The molecule has 2 saturated carbocycles. The second-order valence-corrected chi connectivity index (χ2v) is 5.58. The van der Waals surface area contributed by atoms with Crippen molar-refractivity contribution >= 4 is 0 Å². The number of nitriles is 1. The smallest absolute Gasteiger partial charge is 0.0697 e. The Hall–Kier alpha value is -0.550. The Bertz CT molecular complexity index is 232. The number of hydrogen-bond acceptors (Lipinski definition) is 2.